The predicted octanol–water partition coefficient (Wildman–Crippen LogP) is 4.30. The minimum Gasteiger partial charge on any atom is -0.497 e. The molecule has 0 aliphatic carbocycles. The number of nitrogens with one attached hydrogen (secondary N) is 1. The molecule has 2 rings (SSSR count). The number of halogens is 2. The average Bonchev–Trinajstić information content (AvgIpc) is 2.62. The first-order valence-corrected chi connectivity index (χ1v) is 8.77. The third-order valence-corrected chi connectivity index (χ3v) is 3.97. The topological polar surface area (TPSA) is 64.6 Å². The molecule has 0 aliphatic rings. The Balaban J connectivity index is 2.26. The molecule has 0 aliphatic heterocycles. The maximum Gasteiger partial charge on any atom is 0.308 e. The van der Waals surface area contributed by atoms with Crippen LogP contribution in [0.5, 0.6) is 5.75 Å². The van der Waals surface area contributed by atoms with Gasteiger partial charge in [-0.05, 0) is 49.7 Å². The van der Waals surface area contributed by atoms with E-state index in [0.29, 0.717) is 11.3 Å². The summed E-state index contributed by atoms with van der Waals surface area (Å²) in [6.07, 6.45) is -0.381. The van der Waals surface area contributed by atoms with E-state index < -0.39 is 23.7 Å². The molecule has 5 nitrogen and oxygen atoms in total. The second-order valence-corrected chi connectivity index (χ2v) is 6.60. The summed E-state index contributed by atoms with van der Waals surface area (Å²) in [5, 5.41) is 2.92. The summed E-state index contributed by atoms with van der Waals surface area (Å²) in [5.41, 5.74) is 0.463. The van der Waals surface area contributed by atoms with Crippen LogP contribution in [0.15, 0.2) is 42.5 Å². The van der Waals surface area contributed by atoms with Gasteiger partial charge in [0.1, 0.15) is 11.6 Å². The van der Waals surface area contributed by atoms with Crippen molar-refractivity contribution in [3.05, 3.63) is 64.4 Å². The van der Waals surface area contributed by atoms with Crippen LogP contribution in [0, 0.1) is 5.82 Å². The number of benzene rings is 2. The van der Waals surface area contributed by atoms with Gasteiger partial charge in [0.15, 0.2) is 0 Å². The van der Waals surface area contributed by atoms with Crippen LogP contribution in [0.4, 0.5) is 4.39 Å². The number of esters is 1. The van der Waals surface area contributed by atoms with Crippen LogP contribution in [0.2, 0.25) is 5.02 Å². The monoisotopic (exact) mass is 393 g/mol. The number of carbonyl (C=O) groups excluding carboxylic acids is 2. The quantitative estimate of drug-likeness (QED) is 0.712. The molecule has 2 aromatic carbocycles. The van der Waals surface area contributed by atoms with E-state index in [1.807, 2.05) is 0 Å². The Morgan fingerprint density at radius 1 is 1.15 bits per heavy atom. The van der Waals surface area contributed by atoms with Crippen LogP contribution in [0.3, 0.4) is 0 Å². The van der Waals surface area contributed by atoms with Gasteiger partial charge in [-0.15, -0.1) is 0 Å². The van der Waals surface area contributed by atoms with E-state index in [0.717, 1.165) is 6.07 Å². The Kier molecular flexibility index (Phi) is 7.19. The minimum absolute atomic E-state index is 0.0988. The van der Waals surface area contributed by atoms with Gasteiger partial charge >= 0.3 is 5.97 Å². The molecule has 0 saturated carbocycles. The van der Waals surface area contributed by atoms with Crippen molar-refractivity contribution in [2.24, 2.45) is 0 Å². The molecule has 0 bridgehead atoms. The van der Waals surface area contributed by atoms with Crippen molar-refractivity contribution < 1.29 is 23.5 Å². The molecule has 0 aromatic heterocycles. The Bertz CT molecular complexity index is 808. The zero-order chi connectivity index (χ0) is 20.0. The average molecular weight is 394 g/mol. The smallest absolute Gasteiger partial charge is 0.308 e. The zero-order valence-electron chi connectivity index (χ0n) is 15.3. The predicted molar refractivity (Wildman–Crippen MR) is 100 cm³/mol. The van der Waals surface area contributed by atoms with Crippen molar-refractivity contribution in [3.8, 4) is 5.75 Å². The normalized spacial score (nSPS) is 11.8. The Morgan fingerprint density at radius 2 is 1.81 bits per heavy atom. The van der Waals surface area contributed by atoms with Gasteiger partial charge in [-0.2, -0.15) is 0 Å². The highest BCUT2D eigenvalue weighted by molar-refractivity contribution is 6.31. The molecule has 0 saturated heterocycles. The van der Waals surface area contributed by atoms with Crippen LogP contribution in [-0.4, -0.2) is 25.1 Å². The molecule has 0 radical (unpaired) electrons. The highest BCUT2D eigenvalue weighted by Crippen LogP contribution is 2.23. The number of rotatable bonds is 7. The van der Waals surface area contributed by atoms with Gasteiger partial charge < -0.3 is 14.8 Å². The summed E-state index contributed by atoms with van der Waals surface area (Å²) in [5.74, 6) is -1.21. The molecule has 7 heteroatoms. The largest absolute Gasteiger partial charge is 0.497 e. The fourth-order valence-corrected chi connectivity index (χ4v) is 2.65. The molecule has 0 heterocycles. The number of methoxy groups -OCH3 is 1. The fourth-order valence-electron chi connectivity index (χ4n) is 2.47. The van der Waals surface area contributed by atoms with E-state index in [2.05, 4.69) is 5.32 Å². The first-order chi connectivity index (χ1) is 12.8. The van der Waals surface area contributed by atoms with E-state index in [-0.39, 0.29) is 23.1 Å². The van der Waals surface area contributed by atoms with Gasteiger partial charge in [-0.1, -0.05) is 23.7 Å². The lowest BCUT2D eigenvalue weighted by Gasteiger charge is -2.20. The third kappa shape index (κ3) is 5.96. The summed E-state index contributed by atoms with van der Waals surface area (Å²) in [6.45, 7) is 3.47. The van der Waals surface area contributed by atoms with Crippen molar-refractivity contribution in [2.45, 2.75) is 32.4 Å². The maximum atomic E-state index is 14.0. The molecule has 1 N–H and O–H groups in total. The molecule has 0 fully saturated rings. The molecule has 144 valence electrons. The molecular weight excluding hydrogens is 373 g/mol. The number of carbonyl (C=O) groups is 2. The van der Waals surface area contributed by atoms with E-state index in [1.54, 1.807) is 38.1 Å². The van der Waals surface area contributed by atoms with Crippen LogP contribution in [0.25, 0.3) is 0 Å². The summed E-state index contributed by atoms with van der Waals surface area (Å²) in [6, 6.07) is 9.88. The number of amides is 1. The second kappa shape index (κ2) is 9.37. The molecule has 1 atom stereocenters. The Hall–Kier alpha value is -2.60. The lowest BCUT2D eigenvalue weighted by Crippen LogP contribution is -2.31. The summed E-state index contributed by atoms with van der Waals surface area (Å²) < 4.78 is 24.3. The van der Waals surface area contributed by atoms with Crippen molar-refractivity contribution >= 4 is 23.5 Å². The number of hydrogen-bond acceptors (Lipinski definition) is 4. The highest BCUT2D eigenvalue weighted by Gasteiger charge is 2.22. The van der Waals surface area contributed by atoms with Gasteiger partial charge in [0.05, 0.1) is 31.2 Å². The lowest BCUT2D eigenvalue weighted by molar-refractivity contribution is -0.147. The van der Waals surface area contributed by atoms with Crippen molar-refractivity contribution in [3.63, 3.8) is 0 Å². The molecule has 1 amide bonds. The fraction of sp³-hybridized carbons (Fsp3) is 0.300. The molecule has 0 spiro atoms. The maximum absolute atomic E-state index is 14.0. The van der Waals surface area contributed by atoms with Gasteiger partial charge in [0.25, 0.3) is 5.91 Å². The minimum atomic E-state index is -0.701. The van der Waals surface area contributed by atoms with Gasteiger partial charge in [0, 0.05) is 5.02 Å². The van der Waals surface area contributed by atoms with Crippen LogP contribution >= 0.6 is 11.6 Å². The van der Waals surface area contributed by atoms with Crippen LogP contribution < -0.4 is 10.1 Å². The van der Waals surface area contributed by atoms with Crippen molar-refractivity contribution in [1.82, 2.24) is 5.32 Å². The first-order valence-electron chi connectivity index (χ1n) is 8.39. The van der Waals surface area contributed by atoms with Crippen molar-refractivity contribution in [1.29, 1.82) is 0 Å². The van der Waals surface area contributed by atoms with Gasteiger partial charge in [0.2, 0.25) is 0 Å². The summed E-state index contributed by atoms with van der Waals surface area (Å²) in [7, 11) is 1.54. The second-order valence-electron chi connectivity index (χ2n) is 6.17. The van der Waals surface area contributed by atoms with Crippen molar-refractivity contribution in [2.75, 3.05) is 7.11 Å². The van der Waals surface area contributed by atoms with Crippen LogP contribution in [0.1, 0.15) is 42.2 Å². The molecule has 27 heavy (non-hydrogen) atoms. The highest BCUT2D eigenvalue weighted by atomic mass is 35.5. The van der Waals surface area contributed by atoms with E-state index in [1.165, 1.54) is 19.2 Å². The first kappa shape index (κ1) is 20.7. The molecular formula is C20H21ClFNO4. The number of hydrogen-bond donors (Lipinski definition) is 1. The van der Waals surface area contributed by atoms with E-state index >= 15 is 0 Å². The zero-order valence-corrected chi connectivity index (χ0v) is 16.0. The summed E-state index contributed by atoms with van der Waals surface area (Å²) in [4.78, 5) is 24.6. The third-order valence-electron chi connectivity index (χ3n) is 3.73. The SMILES string of the molecule is COc1ccc(C(CC(=O)OC(C)C)NC(=O)c2cc(Cl)ccc2F)cc1. The van der Waals surface area contributed by atoms with E-state index in [4.69, 9.17) is 21.1 Å². The van der Waals surface area contributed by atoms with Gasteiger partial charge in [-0.25, -0.2) is 4.39 Å². The Morgan fingerprint density at radius 3 is 2.41 bits per heavy atom. The Labute approximate surface area is 162 Å². The summed E-state index contributed by atoms with van der Waals surface area (Å²) >= 11 is 5.85. The lowest BCUT2D eigenvalue weighted by atomic mass is 10.0. The van der Waals surface area contributed by atoms with Gasteiger partial charge in [-0.3, -0.25) is 9.59 Å². The molecule has 2 aromatic rings. The standard InChI is InChI=1S/C20H21ClFNO4/c1-12(2)27-19(24)11-18(13-4-7-15(26-3)8-5-13)23-20(25)16-10-14(21)6-9-17(16)22/h4-10,12,18H,11H2,1-3H3,(H,23,25). The van der Waals surface area contributed by atoms with E-state index in [9.17, 15) is 14.0 Å². The number of ether oxygens (including phenoxy) is 2. The molecule has 1 unspecified atom stereocenters. The van der Waals surface area contributed by atoms with Crippen LogP contribution in [-0.2, 0) is 9.53 Å².